The van der Waals surface area contributed by atoms with E-state index in [-0.39, 0.29) is 50.3 Å². The van der Waals surface area contributed by atoms with Gasteiger partial charge in [-0.25, -0.2) is 0 Å². The van der Waals surface area contributed by atoms with E-state index in [0.717, 1.165) is 30.4 Å². The number of aliphatic hydroxyl groups excluding tert-OH is 1. The molecule has 0 radical (unpaired) electrons. The third-order valence-electron chi connectivity index (χ3n) is 10.6. The van der Waals surface area contributed by atoms with Crippen LogP contribution in [0.3, 0.4) is 0 Å². The molecule has 1 aromatic rings. The Kier molecular flexibility index (Phi) is 12.2. The third-order valence-corrected chi connectivity index (χ3v) is 10.6. The number of carbonyl (C=O) groups excluding carboxylic acids is 6. The summed E-state index contributed by atoms with van der Waals surface area (Å²) < 4.78 is 0. The van der Waals surface area contributed by atoms with Gasteiger partial charge in [0, 0.05) is 25.6 Å². The van der Waals surface area contributed by atoms with Gasteiger partial charge in [0.25, 0.3) is 0 Å². The average molecular weight is 710 g/mol. The van der Waals surface area contributed by atoms with Crippen molar-refractivity contribution < 1.29 is 33.9 Å². The number of hydrogen-bond donors (Lipinski definition) is 7. The monoisotopic (exact) mass is 709 g/mol. The maximum absolute atomic E-state index is 14.9. The van der Waals surface area contributed by atoms with Crippen LogP contribution in [0.2, 0.25) is 0 Å². The molecule has 0 bridgehead atoms. The van der Waals surface area contributed by atoms with Gasteiger partial charge in [-0.05, 0) is 62.5 Å². The first-order valence-corrected chi connectivity index (χ1v) is 18.0. The van der Waals surface area contributed by atoms with Crippen molar-refractivity contribution in [3.63, 3.8) is 0 Å². The molecule has 3 heterocycles. The van der Waals surface area contributed by atoms with Crippen molar-refractivity contribution in [1.29, 1.82) is 0 Å². The fraction of sp³-hybridized carbons (Fsp3) is 0.629. The highest BCUT2D eigenvalue weighted by Gasteiger charge is 2.51. The van der Waals surface area contributed by atoms with Gasteiger partial charge in [0.05, 0.1) is 6.61 Å². The second kappa shape index (κ2) is 16.5. The zero-order chi connectivity index (χ0) is 36.8. The SMILES string of the molecule is CC[C@@H]1NC(=O)[C@H](CCCN=C(N)N)NC(=O)[C@@H]2C[C@@H]3CCCC[C@@H]3N2C(=O)[C@H]2Cc3ccccc3CN2C(=O)[C@H](CO)NC(=O)[C@H](C)NC1=O. The van der Waals surface area contributed by atoms with Crippen molar-refractivity contribution in [2.24, 2.45) is 22.4 Å². The molecule has 16 heteroatoms. The van der Waals surface area contributed by atoms with Gasteiger partial charge < -0.3 is 47.6 Å². The summed E-state index contributed by atoms with van der Waals surface area (Å²) in [6.07, 6.45) is 4.59. The predicted molar refractivity (Wildman–Crippen MR) is 186 cm³/mol. The van der Waals surface area contributed by atoms with E-state index in [1.54, 1.807) is 11.8 Å². The standard InChI is InChI=1S/C35H51N9O7/c1-3-23-30(47)39-19(2)29(46)42-25(18-45)33(50)43-17-22-11-5-4-9-20(22)15-28(43)34(51)44-26-13-7-6-10-21(26)16-27(44)32(49)41-24(31(48)40-23)12-8-14-38-35(36)37/h4-5,9,11,19,21,23-28,45H,3,6-8,10,12-18H2,1-2H3,(H,39,47)(H,40,48)(H,41,49)(H,42,46)(H4,36,37,38)/t19-,21-,23-,24-,25-,26-,27-,28+/m0/s1. The van der Waals surface area contributed by atoms with E-state index in [2.05, 4.69) is 26.3 Å². The number of carbonyl (C=O) groups is 6. The molecule has 16 nitrogen and oxygen atoms in total. The Morgan fingerprint density at radius 2 is 1.51 bits per heavy atom. The first-order chi connectivity index (χ1) is 24.4. The van der Waals surface area contributed by atoms with Crippen LogP contribution >= 0.6 is 0 Å². The molecule has 1 aliphatic carbocycles. The minimum atomic E-state index is -1.40. The number of amides is 6. The van der Waals surface area contributed by atoms with Crippen LogP contribution in [0.15, 0.2) is 29.3 Å². The summed E-state index contributed by atoms with van der Waals surface area (Å²) in [5.74, 6) is -3.58. The lowest BCUT2D eigenvalue weighted by atomic mass is 9.84. The molecule has 0 spiro atoms. The molecule has 278 valence electrons. The van der Waals surface area contributed by atoms with E-state index in [4.69, 9.17) is 11.5 Å². The van der Waals surface area contributed by atoms with Crippen LogP contribution in [-0.2, 0) is 41.7 Å². The van der Waals surface area contributed by atoms with Gasteiger partial charge in [0.15, 0.2) is 5.96 Å². The Labute approximate surface area is 297 Å². The Balaban J connectivity index is 1.55. The first kappa shape index (κ1) is 37.5. The lowest BCUT2D eigenvalue weighted by Gasteiger charge is -2.42. The Hall–Kier alpha value is -4.73. The number of guanidine groups is 1. The zero-order valence-corrected chi connectivity index (χ0v) is 29.3. The minimum Gasteiger partial charge on any atom is -0.394 e. The molecule has 3 fully saturated rings. The molecule has 1 aromatic carbocycles. The largest absolute Gasteiger partial charge is 0.394 e. The number of rotatable bonds is 6. The summed E-state index contributed by atoms with van der Waals surface area (Å²) in [6.45, 7) is 2.61. The van der Waals surface area contributed by atoms with Gasteiger partial charge in [-0.2, -0.15) is 0 Å². The van der Waals surface area contributed by atoms with E-state index in [0.29, 0.717) is 19.3 Å². The van der Waals surface area contributed by atoms with Crippen LogP contribution in [0, 0.1) is 5.92 Å². The van der Waals surface area contributed by atoms with Crippen LogP contribution in [0.25, 0.3) is 0 Å². The number of aliphatic imine (C=N–C) groups is 1. The summed E-state index contributed by atoms with van der Waals surface area (Å²) in [5.41, 5.74) is 12.7. The molecular weight excluding hydrogens is 658 g/mol. The number of fused-ring (bicyclic) bond motifs is 5. The van der Waals surface area contributed by atoms with Crippen molar-refractivity contribution in [3.05, 3.63) is 35.4 Å². The van der Waals surface area contributed by atoms with E-state index in [1.165, 1.54) is 11.8 Å². The average Bonchev–Trinajstić information content (AvgIpc) is 3.52. The maximum atomic E-state index is 14.9. The van der Waals surface area contributed by atoms with Gasteiger partial charge >= 0.3 is 0 Å². The molecule has 8 atom stereocenters. The van der Waals surface area contributed by atoms with Crippen molar-refractivity contribution in [2.75, 3.05) is 13.2 Å². The number of nitrogens with one attached hydrogen (secondary N) is 4. The lowest BCUT2D eigenvalue weighted by molar-refractivity contribution is -0.153. The minimum absolute atomic E-state index is 0.0547. The molecule has 3 aliphatic heterocycles. The predicted octanol–water partition coefficient (Wildman–Crippen LogP) is -1.47. The fourth-order valence-electron chi connectivity index (χ4n) is 7.89. The maximum Gasteiger partial charge on any atom is 0.248 e. The van der Waals surface area contributed by atoms with Gasteiger partial charge in [-0.3, -0.25) is 33.8 Å². The lowest BCUT2D eigenvalue weighted by Crippen LogP contribution is -2.63. The topological polar surface area (TPSA) is 242 Å². The Morgan fingerprint density at radius 3 is 2.22 bits per heavy atom. The number of aliphatic hydroxyl groups is 1. The number of nitrogens with zero attached hydrogens (tertiary/aromatic N) is 3. The van der Waals surface area contributed by atoms with E-state index >= 15 is 0 Å². The number of benzene rings is 1. The molecule has 0 aromatic heterocycles. The highest BCUT2D eigenvalue weighted by Crippen LogP contribution is 2.41. The Morgan fingerprint density at radius 1 is 0.843 bits per heavy atom. The smallest absolute Gasteiger partial charge is 0.248 e. The number of nitrogens with two attached hydrogens (primary N) is 2. The van der Waals surface area contributed by atoms with Crippen LogP contribution in [-0.4, -0.2) is 112 Å². The quantitative estimate of drug-likeness (QED) is 0.103. The molecular formula is C35H51N9O7. The molecule has 51 heavy (non-hydrogen) atoms. The summed E-state index contributed by atoms with van der Waals surface area (Å²) in [5, 5.41) is 21.0. The molecule has 2 saturated heterocycles. The van der Waals surface area contributed by atoms with Crippen LogP contribution in [0.5, 0.6) is 0 Å². The highest BCUT2D eigenvalue weighted by atomic mass is 16.3. The molecule has 4 aliphatic rings. The second-order valence-corrected chi connectivity index (χ2v) is 14.0. The molecule has 5 rings (SSSR count). The van der Waals surface area contributed by atoms with Crippen molar-refractivity contribution in [2.45, 2.75) is 120 Å². The fourth-order valence-corrected chi connectivity index (χ4v) is 7.89. The van der Waals surface area contributed by atoms with E-state index < -0.39 is 78.3 Å². The summed E-state index contributed by atoms with van der Waals surface area (Å²) in [6, 6.07) is 0.605. The van der Waals surface area contributed by atoms with Crippen LogP contribution < -0.4 is 32.7 Å². The van der Waals surface area contributed by atoms with Crippen molar-refractivity contribution >= 4 is 41.4 Å². The van der Waals surface area contributed by atoms with Gasteiger partial charge in [0.1, 0.15) is 36.3 Å². The highest BCUT2D eigenvalue weighted by molar-refractivity contribution is 5.98. The van der Waals surface area contributed by atoms with Gasteiger partial charge in [0.2, 0.25) is 35.4 Å². The molecule has 9 N–H and O–H groups in total. The zero-order valence-electron chi connectivity index (χ0n) is 29.3. The van der Waals surface area contributed by atoms with Crippen LogP contribution in [0.1, 0.15) is 76.3 Å². The van der Waals surface area contributed by atoms with Gasteiger partial charge in [-0.1, -0.05) is 44.0 Å². The normalized spacial score (nSPS) is 30.6. The summed E-state index contributed by atoms with van der Waals surface area (Å²) >= 11 is 0. The first-order valence-electron chi connectivity index (χ1n) is 18.0. The molecule has 6 amide bonds. The van der Waals surface area contributed by atoms with E-state index in [9.17, 15) is 33.9 Å². The summed E-state index contributed by atoms with van der Waals surface area (Å²) in [4.78, 5) is 90.7. The van der Waals surface area contributed by atoms with E-state index in [1.807, 2.05) is 24.3 Å². The summed E-state index contributed by atoms with van der Waals surface area (Å²) in [7, 11) is 0. The van der Waals surface area contributed by atoms with Crippen LogP contribution in [0.4, 0.5) is 0 Å². The van der Waals surface area contributed by atoms with Gasteiger partial charge in [-0.15, -0.1) is 0 Å². The third kappa shape index (κ3) is 8.43. The number of hydrogen-bond acceptors (Lipinski definition) is 8. The molecule has 0 unspecified atom stereocenters. The Bertz CT molecular complexity index is 1530. The van der Waals surface area contributed by atoms with Crippen molar-refractivity contribution in [1.82, 2.24) is 31.1 Å². The molecule has 1 saturated carbocycles. The second-order valence-electron chi connectivity index (χ2n) is 14.0. The van der Waals surface area contributed by atoms with Crippen molar-refractivity contribution in [3.8, 4) is 0 Å².